The van der Waals surface area contributed by atoms with Gasteiger partial charge in [0.1, 0.15) is 11.0 Å². The summed E-state index contributed by atoms with van der Waals surface area (Å²) in [6, 6.07) is 66.4. The Balaban J connectivity index is 0.977. The van der Waals surface area contributed by atoms with Crippen molar-refractivity contribution in [1.29, 1.82) is 0 Å². The second-order valence-electron chi connectivity index (χ2n) is 13.4. The Bertz CT molecular complexity index is 2660. The fourth-order valence-corrected chi connectivity index (χ4v) is 7.05. The van der Waals surface area contributed by atoms with E-state index in [1.54, 1.807) is 6.20 Å². The number of anilines is 6. The van der Waals surface area contributed by atoms with Crippen molar-refractivity contribution < 1.29 is 8.83 Å². The maximum absolute atomic E-state index is 6.07. The first-order chi connectivity index (χ1) is 27.7. The van der Waals surface area contributed by atoms with Crippen LogP contribution in [0.2, 0.25) is 0 Å². The third-order valence-corrected chi connectivity index (χ3v) is 9.82. The quantitative estimate of drug-likeness (QED) is 0.147. The topological polar surface area (TPSA) is 71.4 Å². The molecule has 10 aromatic rings. The van der Waals surface area contributed by atoms with E-state index in [1.165, 1.54) is 0 Å². The summed E-state index contributed by atoms with van der Waals surface area (Å²) >= 11 is 0. The van der Waals surface area contributed by atoms with Gasteiger partial charge in [-0.05, 0) is 132 Å². The number of benzene rings is 7. The predicted octanol–water partition coefficient (Wildman–Crippen LogP) is 13.3. The van der Waals surface area contributed by atoms with E-state index in [0.717, 1.165) is 73.0 Å². The van der Waals surface area contributed by atoms with Gasteiger partial charge in [0, 0.05) is 51.4 Å². The molecule has 0 unspecified atom stereocenters. The van der Waals surface area contributed by atoms with Gasteiger partial charge in [-0.15, -0.1) is 0 Å². The highest BCUT2D eigenvalue weighted by molar-refractivity contribution is 5.83. The Morgan fingerprint density at radius 1 is 0.321 bits per heavy atom. The lowest BCUT2D eigenvalue weighted by Gasteiger charge is -2.26. The number of aromatic nitrogens is 3. The van der Waals surface area contributed by atoms with Crippen molar-refractivity contribution in [2.75, 3.05) is 9.80 Å². The lowest BCUT2D eigenvalue weighted by molar-refractivity contribution is 0.608. The van der Waals surface area contributed by atoms with Crippen LogP contribution in [0, 0.1) is 0 Å². The minimum absolute atomic E-state index is 0.520. The van der Waals surface area contributed by atoms with Crippen LogP contribution in [0.15, 0.2) is 209 Å². The molecule has 0 radical (unpaired) electrons. The summed E-state index contributed by atoms with van der Waals surface area (Å²) in [4.78, 5) is 18.2. The minimum Gasteiger partial charge on any atom is -0.436 e. The van der Waals surface area contributed by atoms with Gasteiger partial charge in [0.15, 0.2) is 5.58 Å². The number of hydrogen-bond acceptors (Lipinski definition) is 7. The molecule has 3 aromatic heterocycles. The minimum atomic E-state index is 0.520. The van der Waals surface area contributed by atoms with Crippen LogP contribution in [0.3, 0.4) is 0 Å². The Hall–Kier alpha value is -7.77. The Labute approximate surface area is 323 Å². The smallest absolute Gasteiger partial charge is 0.247 e. The summed E-state index contributed by atoms with van der Waals surface area (Å²) in [5.41, 5.74) is 13.2. The molecule has 0 bridgehead atoms. The highest BCUT2D eigenvalue weighted by Gasteiger charge is 2.17. The van der Waals surface area contributed by atoms with Crippen LogP contribution in [0.25, 0.3) is 56.4 Å². The van der Waals surface area contributed by atoms with Crippen LogP contribution in [-0.2, 0) is 0 Å². The molecule has 0 aliphatic heterocycles. The normalized spacial score (nSPS) is 11.2. The maximum Gasteiger partial charge on any atom is 0.247 e. The fraction of sp³-hybridized carbons (Fsp3) is 0. The number of hydrogen-bond donors (Lipinski definition) is 0. The van der Waals surface area contributed by atoms with E-state index >= 15 is 0 Å². The number of fused-ring (bicyclic) bond motifs is 2. The van der Waals surface area contributed by atoms with Crippen molar-refractivity contribution in [3.8, 4) is 34.0 Å². The van der Waals surface area contributed by atoms with E-state index in [9.17, 15) is 0 Å². The van der Waals surface area contributed by atoms with Crippen molar-refractivity contribution in [3.05, 3.63) is 200 Å². The van der Waals surface area contributed by atoms with Crippen LogP contribution in [-0.4, -0.2) is 15.0 Å². The number of oxazole rings is 2. The molecule has 0 atom stereocenters. The Morgan fingerprint density at radius 2 is 0.714 bits per heavy atom. The van der Waals surface area contributed by atoms with Gasteiger partial charge in [-0.3, -0.25) is 0 Å². The van der Waals surface area contributed by atoms with E-state index in [2.05, 4.69) is 153 Å². The summed E-state index contributed by atoms with van der Waals surface area (Å²) < 4.78 is 12.0. The van der Waals surface area contributed by atoms with E-state index in [4.69, 9.17) is 13.8 Å². The first-order valence-corrected chi connectivity index (χ1v) is 18.4. The first-order valence-electron chi connectivity index (χ1n) is 18.4. The largest absolute Gasteiger partial charge is 0.436 e. The van der Waals surface area contributed by atoms with Crippen molar-refractivity contribution in [1.82, 2.24) is 15.0 Å². The molecular weight excluding hydrogens is 691 g/mol. The SMILES string of the molecule is c1ccc(N(c2ccccc2)c2ccc(-c3ccc(N(c4ccc(-c5nc6ccccc6o5)cc4)c4ccc(-c5nc6cccnc6o5)cc4)cc3)cc2)cc1. The Morgan fingerprint density at radius 3 is 1.20 bits per heavy atom. The lowest BCUT2D eigenvalue weighted by Crippen LogP contribution is -2.10. The van der Waals surface area contributed by atoms with Crippen LogP contribution >= 0.6 is 0 Å². The number of para-hydroxylation sites is 4. The van der Waals surface area contributed by atoms with Crippen molar-refractivity contribution in [3.63, 3.8) is 0 Å². The van der Waals surface area contributed by atoms with Crippen LogP contribution < -0.4 is 9.80 Å². The molecule has 0 N–H and O–H groups in total. The van der Waals surface area contributed by atoms with Gasteiger partial charge in [-0.2, -0.15) is 0 Å². The second kappa shape index (κ2) is 14.2. The lowest BCUT2D eigenvalue weighted by atomic mass is 10.0. The summed E-state index contributed by atoms with van der Waals surface area (Å²) in [5.74, 6) is 1.12. The molecule has 7 aromatic carbocycles. The van der Waals surface area contributed by atoms with Crippen molar-refractivity contribution >= 4 is 56.5 Å². The molecule has 56 heavy (non-hydrogen) atoms. The van der Waals surface area contributed by atoms with Gasteiger partial charge in [0.2, 0.25) is 17.5 Å². The van der Waals surface area contributed by atoms with E-state index in [1.807, 2.05) is 60.7 Å². The van der Waals surface area contributed by atoms with E-state index < -0.39 is 0 Å². The summed E-state index contributed by atoms with van der Waals surface area (Å²) in [7, 11) is 0. The first kappa shape index (κ1) is 32.8. The zero-order valence-electron chi connectivity index (χ0n) is 30.1. The molecule has 0 amide bonds. The van der Waals surface area contributed by atoms with Gasteiger partial charge >= 0.3 is 0 Å². The van der Waals surface area contributed by atoms with Gasteiger partial charge in [-0.25, -0.2) is 15.0 Å². The van der Waals surface area contributed by atoms with Gasteiger partial charge in [0.25, 0.3) is 0 Å². The molecule has 7 nitrogen and oxygen atoms in total. The molecule has 0 spiro atoms. The highest BCUT2D eigenvalue weighted by atomic mass is 16.4. The zero-order chi connectivity index (χ0) is 37.3. The Kier molecular flexibility index (Phi) is 8.35. The summed E-state index contributed by atoms with van der Waals surface area (Å²) in [5, 5.41) is 0. The standard InChI is InChI=1S/C49H33N5O2/c1-3-10-38(11-4-1)53(39-12-5-2-6-13-39)40-25-17-34(18-26-40)35-19-27-41(28-20-35)54(42-29-21-36(22-30-42)47-51-44-14-7-8-16-46(44)55-47)43-31-23-37(24-32-43)48-52-45-15-9-33-50-49(45)56-48/h1-33H. The molecule has 0 aliphatic carbocycles. The maximum atomic E-state index is 6.07. The fourth-order valence-electron chi connectivity index (χ4n) is 7.05. The number of rotatable bonds is 9. The summed E-state index contributed by atoms with van der Waals surface area (Å²) in [6.45, 7) is 0. The van der Waals surface area contributed by atoms with Gasteiger partial charge < -0.3 is 18.6 Å². The zero-order valence-corrected chi connectivity index (χ0v) is 30.1. The third-order valence-electron chi connectivity index (χ3n) is 9.82. The van der Waals surface area contributed by atoms with Gasteiger partial charge in [-0.1, -0.05) is 72.8 Å². The summed E-state index contributed by atoms with van der Waals surface area (Å²) in [6.07, 6.45) is 1.71. The molecule has 0 saturated carbocycles. The number of pyridine rings is 1. The van der Waals surface area contributed by atoms with Crippen LogP contribution in [0.1, 0.15) is 0 Å². The molecule has 0 saturated heterocycles. The molecule has 7 heteroatoms. The molecular formula is C49H33N5O2. The highest BCUT2D eigenvalue weighted by Crippen LogP contribution is 2.39. The average Bonchev–Trinajstić information content (AvgIpc) is 3.91. The van der Waals surface area contributed by atoms with Crippen LogP contribution in [0.4, 0.5) is 34.1 Å². The molecule has 0 fully saturated rings. The molecule has 0 aliphatic rings. The van der Waals surface area contributed by atoms with Gasteiger partial charge in [0.05, 0.1) is 0 Å². The molecule has 266 valence electrons. The molecule has 10 rings (SSSR count). The third kappa shape index (κ3) is 6.33. The van der Waals surface area contributed by atoms with E-state index in [-0.39, 0.29) is 0 Å². The second-order valence-corrected chi connectivity index (χ2v) is 13.4. The molecule has 3 heterocycles. The van der Waals surface area contributed by atoms with Crippen molar-refractivity contribution in [2.45, 2.75) is 0 Å². The van der Waals surface area contributed by atoms with Crippen LogP contribution in [0.5, 0.6) is 0 Å². The monoisotopic (exact) mass is 723 g/mol. The average molecular weight is 724 g/mol. The van der Waals surface area contributed by atoms with E-state index in [0.29, 0.717) is 17.5 Å². The van der Waals surface area contributed by atoms with Crippen molar-refractivity contribution in [2.24, 2.45) is 0 Å². The number of nitrogens with zero attached hydrogens (tertiary/aromatic N) is 5. The predicted molar refractivity (Wildman–Crippen MR) is 225 cm³/mol.